The molecule has 6 heteroatoms. The fourth-order valence-electron chi connectivity index (χ4n) is 4.79. The summed E-state index contributed by atoms with van der Waals surface area (Å²) in [6, 6.07) is 16.5. The van der Waals surface area contributed by atoms with Crippen molar-refractivity contribution in [2.45, 2.75) is 38.0 Å². The van der Waals surface area contributed by atoms with Gasteiger partial charge in [0, 0.05) is 18.5 Å². The van der Waals surface area contributed by atoms with Crippen LogP contribution in [0, 0.1) is 6.92 Å². The monoisotopic (exact) mass is 404 g/mol. The molecular formula is C24H24N2O4. The summed E-state index contributed by atoms with van der Waals surface area (Å²) in [5.41, 5.74) is 0.718. The second kappa shape index (κ2) is 6.71. The van der Waals surface area contributed by atoms with E-state index in [1.807, 2.05) is 43.3 Å². The topological polar surface area (TPSA) is 74.0 Å². The first-order valence-electron chi connectivity index (χ1n) is 10.3. The Hall–Kier alpha value is -3.12. The summed E-state index contributed by atoms with van der Waals surface area (Å²) < 4.78 is 5.86. The number of carbonyl (C=O) groups excluding carboxylic acids is 2. The largest absolute Gasteiger partial charge is 0.451 e. The van der Waals surface area contributed by atoms with E-state index in [2.05, 4.69) is 0 Å². The van der Waals surface area contributed by atoms with Crippen LogP contribution in [-0.2, 0) is 10.4 Å². The molecule has 0 spiro atoms. The van der Waals surface area contributed by atoms with E-state index < -0.39 is 5.60 Å². The van der Waals surface area contributed by atoms with Crippen LogP contribution in [0.2, 0.25) is 0 Å². The first kappa shape index (κ1) is 18.9. The molecule has 0 unspecified atom stereocenters. The Morgan fingerprint density at radius 1 is 1.03 bits per heavy atom. The summed E-state index contributed by atoms with van der Waals surface area (Å²) in [6.45, 7) is 4.38. The van der Waals surface area contributed by atoms with Gasteiger partial charge in [-0.25, -0.2) is 0 Å². The summed E-state index contributed by atoms with van der Waals surface area (Å²) in [6.07, 6.45) is 0.724. The Morgan fingerprint density at radius 3 is 2.40 bits per heavy atom. The number of likely N-dealkylation sites (tertiary alicyclic amines) is 2. The number of hydrogen-bond donors (Lipinski definition) is 1. The van der Waals surface area contributed by atoms with Crippen LogP contribution in [-0.4, -0.2) is 51.9 Å². The third-order valence-electron chi connectivity index (χ3n) is 6.47. The average molecular weight is 404 g/mol. The predicted octanol–water partition coefficient (Wildman–Crippen LogP) is 3.07. The van der Waals surface area contributed by atoms with Gasteiger partial charge in [-0.3, -0.25) is 9.59 Å². The average Bonchev–Trinajstić information content (AvgIpc) is 3.47. The molecule has 3 atom stereocenters. The van der Waals surface area contributed by atoms with Gasteiger partial charge in [-0.15, -0.1) is 0 Å². The van der Waals surface area contributed by atoms with Gasteiger partial charge >= 0.3 is 0 Å². The number of nitrogens with zero attached hydrogens (tertiary/aromatic N) is 2. The highest BCUT2D eigenvalue weighted by Crippen LogP contribution is 2.36. The van der Waals surface area contributed by atoms with Gasteiger partial charge in [-0.1, -0.05) is 48.5 Å². The lowest BCUT2D eigenvalue weighted by atomic mass is 9.94. The van der Waals surface area contributed by atoms with Crippen molar-refractivity contribution in [1.29, 1.82) is 0 Å². The van der Waals surface area contributed by atoms with Gasteiger partial charge in [0.15, 0.2) is 11.4 Å². The number of benzene rings is 2. The molecule has 0 aliphatic carbocycles. The smallest absolute Gasteiger partial charge is 0.289 e. The Labute approximate surface area is 174 Å². The van der Waals surface area contributed by atoms with E-state index in [9.17, 15) is 14.7 Å². The minimum Gasteiger partial charge on any atom is -0.451 e. The van der Waals surface area contributed by atoms with Crippen LogP contribution in [0.15, 0.2) is 59.0 Å². The predicted molar refractivity (Wildman–Crippen MR) is 112 cm³/mol. The van der Waals surface area contributed by atoms with E-state index in [0.29, 0.717) is 24.4 Å². The SMILES string of the molecule is Cc1cccc2cc(C(=O)N3C[C@@H]4C[C@H]3CN4C(=O)[C@](C)(O)c3ccccc3)oc12. The minimum atomic E-state index is -1.59. The Morgan fingerprint density at radius 2 is 1.73 bits per heavy atom. The quantitative estimate of drug-likeness (QED) is 0.728. The van der Waals surface area contributed by atoms with Crippen LogP contribution in [0.4, 0.5) is 0 Å². The van der Waals surface area contributed by atoms with Crippen molar-refractivity contribution in [2.24, 2.45) is 0 Å². The molecule has 3 heterocycles. The van der Waals surface area contributed by atoms with E-state index in [1.165, 1.54) is 6.92 Å². The maximum absolute atomic E-state index is 13.1. The van der Waals surface area contributed by atoms with E-state index in [1.54, 1.807) is 28.0 Å². The van der Waals surface area contributed by atoms with Gasteiger partial charge in [0.1, 0.15) is 5.58 Å². The lowest BCUT2D eigenvalue weighted by Gasteiger charge is -2.37. The first-order valence-corrected chi connectivity index (χ1v) is 10.3. The maximum Gasteiger partial charge on any atom is 0.289 e. The highest BCUT2D eigenvalue weighted by Gasteiger charge is 2.51. The van der Waals surface area contributed by atoms with E-state index in [0.717, 1.165) is 23.0 Å². The molecule has 6 nitrogen and oxygen atoms in total. The summed E-state index contributed by atoms with van der Waals surface area (Å²) in [4.78, 5) is 29.7. The molecule has 5 rings (SSSR count). The fourth-order valence-corrected chi connectivity index (χ4v) is 4.79. The van der Waals surface area contributed by atoms with Crippen LogP contribution in [0.25, 0.3) is 11.0 Å². The second-order valence-corrected chi connectivity index (χ2v) is 8.50. The molecule has 2 aliphatic rings. The lowest BCUT2D eigenvalue weighted by Crippen LogP contribution is -2.55. The fraction of sp³-hybridized carbons (Fsp3) is 0.333. The zero-order valence-electron chi connectivity index (χ0n) is 17.0. The zero-order valence-corrected chi connectivity index (χ0v) is 17.0. The van der Waals surface area contributed by atoms with Crippen molar-refractivity contribution in [1.82, 2.24) is 9.80 Å². The first-order chi connectivity index (χ1) is 14.4. The van der Waals surface area contributed by atoms with Crippen molar-refractivity contribution in [2.75, 3.05) is 13.1 Å². The molecular weight excluding hydrogens is 380 g/mol. The second-order valence-electron chi connectivity index (χ2n) is 8.50. The molecule has 2 fully saturated rings. The molecule has 154 valence electrons. The summed E-state index contributed by atoms with van der Waals surface area (Å²) in [5.74, 6) is -0.117. The van der Waals surface area contributed by atoms with Crippen LogP contribution < -0.4 is 0 Å². The van der Waals surface area contributed by atoms with E-state index in [4.69, 9.17) is 4.42 Å². The van der Waals surface area contributed by atoms with Crippen LogP contribution in [0.5, 0.6) is 0 Å². The Balaban J connectivity index is 1.33. The summed E-state index contributed by atoms with van der Waals surface area (Å²) in [5, 5.41) is 11.8. The van der Waals surface area contributed by atoms with Crippen molar-refractivity contribution >= 4 is 22.8 Å². The molecule has 0 radical (unpaired) electrons. The molecule has 2 bridgehead atoms. The normalized spacial score (nSPS) is 22.5. The molecule has 1 N–H and O–H groups in total. The van der Waals surface area contributed by atoms with Crippen LogP contribution >= 0.6 is 0 Å². The highest BCUT2D eigenvalue weighted by atomic mass is 16.3. The van der Waals surface area contributed by atoms with Gasteiger partial charge in [-0.2, -0.15) is 0 Å². The molecule has 2 amide bonds. The minimum absolute atomic E-state index is 0.0627. The van der Waals surface area contributed by atoms with Crippen molar-refractivity contribution < 1.29 is 19.1 Å². The molecule has 2 saturated heterocycles. The van der Waals surface area contributed by atoms with Gasteiger partial charge in [0.2, 0.25) is 0 Å². The molecule has 30 heavy (non-hydrogen) atoms. The molecule has 2 aliphatic heterocycles. The van der Waals surface area contributed by atoms with Crippen LogP contribution in [0.3, 0.4) is 0 Å². The number of para-hydroxylation sites is 1. The van der Waals surface area contributed by atoms with Crippen molar-refractivity contribution in [3.05, 3.63) is 71.5 Å². The number of amides is 2. The number of rotatable bonds is 3. The Bertz CT molecular complexity index is 1130. The highest BCUT2D eigenvalue weighted by molar-refractivity contribution is 5.97. The summed E-state index contributed by atoms with van der Waals surface area (Å²) >= 11 is 0. The van der Waals surface area contributed by atoms with Crippen molar-refractivity contribution in [3.63, 3.8) is 0 Å². The van der Waals surface area contributed by atoms with Gasteiger partial charge in [-0.05, 0) is 37.5 Å². The number of furan rings is 1. The third-order valence-corrected chi connectivity index (χ3v) is 6.47. The van der Waals surface area contributed by atoms with Gasteiger partial charge in [0.05, 0.1) is 12.1 Å². The molecule has 3 aromatic rings. The summed E-state index contributed by atoms with van der Waals surface area (Å²) in [7, 11) is 0. The van der Waals surface area contributed by atoms with E-state index >= 15 is 0 Å². The zero-order chi connectivity index (χ0) is 21.0. The number of hydrogen-bond acceptors (Lipinski definition) is 4. The number of fused-ring (bicyclic) bond motifs is 3. The molecule has 0 saturated carbocycles. The third kappa shape index (κ3) is 2.82. The maximum atomic E-state index is 13.1. The lowest BCUT2D eigenvalue weighted by molar-refractivity contribution is -0.152. The molecule has 1 aromatic heterocycles. The van der Waals surface area contributed by atoms with Gasteiger partial charge < -0.3 is 19.3 Å². The number of carbonyl (C=O) groups is 2. The van der Waals surface area contributed by atoms with Gasteiger partial charge in [0.25, 0.3) is 11.8 Å². The number of aliphatic hydroxyl groups is 1. The Kier molecular flexibility index (Phi) is 4.22. The van der Waals surface area contributed by atoms with E-state index in [-0.39, 0.29) is 23.9 Å². The number of piperazine rings is 1. The molecule has 2 aromatic carbocycles. The van der Waals surface area contributed by atoms with Crippen molar-refractivity contribution in [3.8, 4) is 0 Å². The van der Waals surface area contributed by atoms with Crippen LogP contribution in [0.1, 0.15) is 35.0 Å². The number of aryl methyl sites for hydroxylation is 1. The standard InChI is InChI=1S/C24H24N2O4/c1-15-7-6-8-16-11-20(30-21(15)16)22(27)25-13-19-12-18(25)14-26(19)23(28)24(2,29)17-9-4-3-5-10-17/h3-11,18-19,29H,12-14H2,1-2H3/t18-,19-,24+/m0/s1.